The molecule has 3 unspecified atom stereocenters. The van der Waals surface area contributed by atoms with E-state index in [0.29, 0.717) is 18.5 Å². The van der Waals surface area contributed by atoms with Gasteiger partial charge in [-0.1, -0.05) is 0 Å². The average Bonchev–Trinajstić information content (AvgIpc) is 3.17. The maximum absolute atomic E-state index is 11.7. The number of carboxylic acids is 1. The van der Waals surface area contributed by atoms with Crippen LogP contribution in [0, 0.1) is 0 Å². The van der Waals surface area contributed by atoms with Crippen LogP contribution in [-0.4, -0.2) is 71.2 Å². The van der Waals surface area contributed by atoms with E-state index in [1.165, 1.54) is 0 Å². The molecule has 2 aliphatic rings. The Balaban J connectivity index is 1.99. The smallest absolute Gasteiger partial charge is 0.323 e. The van der Waals surface area contributed by atoms with Crippen molar-refractivity contribution in [2.45, 2.75) is 70.1 Å². The molecule has 0 amide bonds. The van der Waals surface area contributed by atoms with Crippen LogP contribution in [0.1, 0.15) is 46.5 Å². The Morgan fingerprint density at radius 1 is 1.43 bits per heavy atom. The number of hydrogen-bond acceptors (Lipinski definition) is 4. The van der Waals surface area contributed by atoms with Crippen molar-refractivity contribution in [3.63, 3.8) is 0 Å². The normalized spacial score (nSPS) is 29.6. The van der Waals surface area contributed by atoms with E-state index in [4.69, 9.17) is 0 Å². The van der Waals surface area contributed by atoms with Gasteiger partial charge in [-0.2, -0.15) is 0 Å². The first-order valence-corrected chi connectivity index (χ1v) is 8.27. The van der Waals surface area contributed by atoms with Gasteiger partial charge >= 0.3 is 5.97 Å². The standard InChI is InChI=1S/C16H31N3O2/c1-12(19-9-5-8-18(4)11-13(19)2)10-16(3,15(20)21)17-14-6-7-14/h12-14,17H,5-11H2,1-4H3,(H,20,21). The lowest BCUT2D eigenvalue weighted by Gasteiger charge is -2.38. The zero-order valence-electron chi connectivity index (χ0n) is 13.9. The van der Waals surface area contributed by atoms with Crippen LogP contribution in [0.5, 0.6) is 0 Å². The molecule has 0 bridgehead atoms. The second-order valence-electron chi connectivity index (χ2n) is 7.31. The Morgan fingerprint density at radius 2 is 2.10 bits per heavy atom. The minimum absolute atomic E-state index is 0.277. The van der Waals surface area contributed by atoms with Crippen molar-refractivity contribution in [1.29, 1.82) is 0 Å². The third-order valence-electron chi connectivity index (χ3n) is 4.94. The van der Waals surface area contributed by atoms with E-state index in [1.54, 1.807) is 0 Å². The van der Waals surface area contributed by atoms with E-state index in [1.807, 2.05) is 6.92 Å². The van der Waals surface area contributed by atoms with Gasteiger partial charge in [0, 0.05) is 24.7 Å². The summed E-state index contributed by atoms with van der Waals surface area (Å²) < 4.78 is 0. The summed E-state index contributed by atoms with van der Waals surface area (Å²) in [4.78, 5) is 16.6. The molecule has 0 aromatic rings. The average molecular weight is 297 g/mol. The fourth-order valence-corrected chi connectivity index (χ4v) is 3.64. The molecule has 0 radical (unpaired) electrons. The van der Waals surface area contributed by atoms with E-state index >= 15 is 0 Å². The number of carboxylic acid groups (broad SMARTS) is 1. The fourth-order valence-electron chi connectivity index (χ4n) is 3.64. The summed E-state index contributed by atoms with van der Waals surface area (Å²) in [6.07, 6.45) is 4.04. The lowest BCUT2D eigenvalue weighted by Crippen LogP contribution is -2.55. The summed E-state index contributed by atoms with van der Waals surface area (Å²) in [6, 6.07) is 1.16. The summed E-state index contributed by atoms with van der Waals surface area (Å²) in [6.45, 7) is 9.53. The van der Waals surface area contributed by atoms with Crippen molar-refractivity contribution in [2.75, 3.05) is 26.7 Å². The van der Waals surface area contributed by atoms with E-state index in [2.05, 4.69) is 36.0 Å². The topological polar surface area (TPSA) is 55.8 Å². The van der Waals surface area contributed by atoms with Gasteiger partial charge in [0.15, 0.2) is 0 Å². The first kappa shape index (κ1) is 16.7. The molecule has 2 fully saturated rings. The van der Waals surface area contributed by atoms with E-state index in [9.17, 15) is 9.90 Å². The van der Waals surface area contributed by atoms with Gasteiger partial charge in [0.05, 0.1) is 0 Å². The van der Waals surface area contributed by atoms with Gasteiger partial charge in [0.1, 0.15) is 5.54 Å². The zero-order valence-corrected chi connectivity index (χ0v) is 13.9. The van der Waals surface area contributed by atoms with E-state index in [-0.39, 0.29) is 6.04 Å². The molecular formula is C16H31N3O2. The Labute approximate surface area is 128 Å². The van der Waals surface area contributed by atoms with Crippen molar-refractivity contribution in [3.8, 4) is 0 Å². The minimum Gasteiger partial charge on any atom is -0.480 e. The second kappa shape index (κ2) is 6.63. The van der Waals surface area contributed by atoms with Gasteiger partial charge in [-0.05, 0) is 66.6 Å². The molecule has 1 aliphatic heterocycles. The monoisotopic (exact) mass is 297 g/mol. The maximum atomic E-state index is 11.7. The van der Waals surface area contributed by atoms with Gasteiger partial charge < -0.3 is 10.0 Å². The Hall–Kier alpha value is -0.650. The molecular weight excluding hydrogens is 266 g/mol. The highest BCUT2D eigenvalue weighted by atomic mass is 16.4. The van der Waals surface area contributed by atoms with Gasteiger partial charge in [-0.25, -0.2) is 0 Å². The first-order chi connectivity index (χ1) is 9.82. The molecule has 1 saturated heterocycles. The number of aliphatic carboxylic acids is 1. The van der Waals surface area contributed by atoms with Crippen molar-refractivity contribution in [2.24, 2.45) is 0 Å². The third-order valence-corrected chi connectivity index (χ3v) is 4.94. The zero-order chi connectivity index (χ0) is 15.6. The molecule has 5 nitrogen and oxygen atoms in total. The minimum atomic E-state index is -0.807. The van der Waals surface area contributed by atoms with Gasteiger partial charge in [0.2, 0.25) is 0 Å². The molecule has 2 N–H and O–H groups in total. The van der Waals surface area contributed by atoms with Crippen molar-refractivity contribution < 1.29 is 9.90 Å². The number of nitrogens with one attached hydrogen (secondary N) is 1. The molecule has 0 aromatic carbocycles. The summed E-state index contributed by atoms with van der Waals surface area (Å²) in [5.41, 5.74) is -0.807. The quantitative estimate of drug-likeness (QED) is 0.776. The Bertz CT molecular complexity index is 373. The molecule has 21 heavy (non-hydrogen) atoms. The summed E-state index contributed by atoms with van der Waals surface area (Å²) in [5.74, 6) is -0.721. The molecule has 0 aromatic heterocycles. The maximum Gasteiger partial charge on any atom is 0.323 e. The Morgan fingerprint density at radius 3 is 2.67 bits per heavy atom. The van der Waals surface area contributed by atoms with Gasteiger partial charge in [0.25, 0.3) is 0 Å². The largest absolute Gasteiger partial charge is 0.480 e. The number of nitrogens with zero attached hydrogens (tertiary/aromatic N) is 2. The molecule has 122 valence electrons. The SMILES string of the molecule is CC1CN(C)CCCN1C(C)CC(C)(NC1CC1)C(=O)O. The fraction of sp³-hybridized carbons (Fsp3) is 0.938. The van der Waals surface area contributed by atoms with Crippen molar-refractivity contribution in [3.05, 3.63) is 0 Å². The van der Waals surface area contributed by atoms with Gasteiger partial charge in [-0.3, -0.25) is 15.0 Å². The molecule has 1 heterocycles. The predicted molar refractivity (Wildman–Crippen MR) is 84.6 cm³/mol. The van der Waals surface area contributed by atoms with Crippen LogP contribution in [0.25, 0.3) is 0 Å². The Kier molecular flexibility index (Phi) is 5.28. The number of likely N-dealkylation sites (N-methyl/N-ethyl adjacent to an activating group) is 1. The van der Waals surface area contributed by atoms with Crippen LogP contribution >= 0.6 is 0 Å². The van der Waals surface area contributed by atoms with Crippen LogP contribution in [0.2, 0.25) is 0 Å². The first-order valence-electron chi connectivity index (χ1n) is 8.27. The van der Waals surface area contributed by atoms with E-state index < -0.39 is 11.5 Å². The van der Waals surface area contributed by atoms with Crippen LogP contribution in [0.3, 0.4) is 0 Å². The van der Waals surface area contributed by atoms with Crippen LogP contribution in [0.4, 0.5) is 0 Å². The summed E-state index contributed by atoms with van der Waals surface area (Å²) in [5, 5.41) is 13.0. The lowest BCUT2D eigenvalue weighted by molar-refractivity contribution is -0.145. The van der Waals surface area contributed by atoms with E-state index in [0.717, 1.165) is 38.9 Å². The molecule has 2 rings (SSSR count). The van der Waals surface area contributed by atoms with Crippen molar-refractivity contribution >= 4 is 5.97 Å². The highest BCUT2D eigenvalue weighted by Gasteiger charge is 2.41. The highest BCUT2D eigenvalue weighted by Crippen LogP contribution is 2.27. The molecule has 0 spiro atoms. The third kappa shape index (κ3) is 4.41. The second-order valence-corrected chi connectivity index (χ2v) is 7.31. The number of carbonyl (C=O) groups is 1. The highest BCUT2D eigenvalue weighted by molar-refractivity contribution is 5.78. The predicted octanol–water partition coefficient (Wildman–Crippen LogP) is 1.39. The molecule has 1 aliphatic carbocycles. The van der Waals surface area contributed by atoms with Crippen LogP contribution in [-0.2, 0) is 4.79 Å². The number of rotatable bonds is 6. The molecule has 1 saturated carbocycles. The summed E-state index contributed by atoms with van der Waals surface area (Å²) >= 11 is 0. The van der Waals surface area contributed by atoms with Crippen LogP contribution < -0.4 is 5.32 Å². The van der Waals surface area contributed by atoms with Crippen LogP contribution in [0.15, 0.2) is 0 Å². The lowest BCUT2D eigenvalue weighted by atomic mass is 9.92. The molecule has 3 atom stereocenters. The summed E-state index contributed by atoms with van der Waals surface area (Å²) in [7, 11) is 2.17. The molecule has 5 heteroatoms. The van der Waals surface area contributed by atoms with Crippen molar-refractivity contribution in [1.82, 2.24) is 15.1 Å². The van der Waals surface area contributed by atoms with Gasteiger partial charge in [-0.15, -0.1) is 0 Å². The number of hydrogen-bond donors (Lipinski definition) is 2.